The maximum atomic E-state index is 5.37. The third-order valence-electron chi connectivity index (χ3n) is 4.14. The van der Waals surface area contributed by atoms with Gasteiger partial charge in [-0.15, -0.1) is 0 Å². The molecular formula is C18H25N7OS2. The van der Waals surface area contributed by atoms with Gasteiger partial charge in [0, 0.05) is 51.8 Å². The number of aromatic nitrogens is 4. The van der Waals surface area contributed by atoms with Crippen molar-refractivity contribution in [1.29, 1.82) is 0 Å². The van der Waals surface area contributed by atoms with Gasteiger partial charge in [-0.2, -0.15) is 4.98 Å². The third-order valence-corrected chi connectivity index (χ3v) is 5.20. The first-order valence-electron chi connectivity index (χ1n) is 9.37. The van der Waals surface area contributed by atoms with Crippen molar-refractivity contribution in [3.05, 3.63) is 24.5 Å². The van der Waals surface area contributed by atoms with E-state index < -0.39 is 0 Å². The predicted molar refractivity (Wildman–Crippen MR) is 115 cm³/mol. The lowest BCUT2D eigenvalue weighted by Crippen LogP contribution is -2.32. The zero-order chi connectivity index (χ0) is 19.6. The molecule has 1 saturated heterocycles. The second-order valence-electron chi connectivity index (χ2n) is 6.30. The Hall–Kier alpha value is -2.04. The molecule has 0 radical (unpaired) electrons. The van der Waals surface area contributed by atoms with E-state index in [0.717, 1.165) is 36.9 Å². The minimum atomic E-state index is 0.478. The summed E-state index contributed by atoms with van der Waals surface area (Å²) in [6.07, 6.45) is 7.94. The lowest BCUT2D eigenvalue weighted by atomic mass is 10.1. The third kappa shape index (κ3) is 6.54. The largest absolute Gasteiger partial charge is 0.385 e. The molecule has 3 heterocycles. The Morgan fingerprint density at radius 2 is 2.00 bits per heavy atom. The molecule has 2 N–H and O–H groups in total. The normalized spacial score (nSPS) is 14.0. The number of hydrogen-bond acceptors (Lipinski definition) is 8. The Kier molecular flexibility index (Phi) is 8.19. The topological polar surface area (TPSA) is 88.1 Å². The van der Waals surface area contributed by atoms with E-state index in [4.69, 9.17) is 17.0 Å². The summed E-state index contributed by atoms with van der Waals surface area (Å²) in [6.45, 7) is 3.42. The van der Waals surface area contributed by atoms with E-state index in [1.165, 1.54) is 31.0 Å². The van der Waals surface area contributed by atoms with Crippen molar-refractivity contribution in [2.75, 3.05) is 43.6 Å². The van der Waals surface area contributed by atoms with Gasteiger partial charge in [0.1, 0.15) is 10.8 Å². The highest BCUT2D eigenvalue weighted by Gasteiger charge is 2.16. The summed E-state index contributed by atoms with van der Waals surface area (Å²) in [7, 11) is 1.69. The summed E-state index contributed by atoms with van der Waals surface area (Å²) in [5, 5.41) is 8.18. The molecule has 0 amide bonds. The quantitative estimate of drug-likeness (QED) is 0.288. The van der Waals surface area contributed by atoms with Gasteiger partial charge in [-0.1, -0.05) is 0 Å². The number of anilines is 2. The van der Waals surface area contributed by atoms with Crippen molar-refractivity contribution in [3.8, 4) is 0 Å². The summed E-state index contributed by atoms with van der Waals surface area (Å²) in [5.41, 5.74) is 0. The number of thiocarbonyl (C=S) groups is 1. The summed E-state index contributed by atoms with van der Waals surface area (Å²) in [5.74, 6) is 1.38. The molecule has 0 atom stereocenters. The van der Waals surface area contributed by atoms with Crippen molar-refractivity contribution in [1.82, 2.24) is 25.3 Å². The van der Waals surface area contributed by atoms with Gasteiger partial charge in [0.15, 0.2) is 10.3 Å². The molecule has 1 fully saturated rings. The number of piperidine rings is 1. The second kappa shape index (κ2) is 11.1. The zero-order valence-electron chi connectivity index (χ0n) is 15.9. The minimum absolute atomic E-state index is 0.478. The number of hydrogen-bond donors (Lipinski definition) is 2. The van der Waals surface area contributed by atoms with E-state index >= 15 is 0 Å². The highest BCUT2D eigenvalue weighted by Crippen LogP contribution is 2.28. The number of methoxy groups -OCH3 is 1. The van der Waals surface area contributed by atoms with Crippen LogP contribution >= 0.6 is 24.0 Å². The second-order valence-corrected chi connectivity index (χ2v) is 7.69. The molecule has 0 saturated carbocycles. The maximum Gasteiger partial charge on any atom is 0.232 e. The molecule has 2 aromatic rings. The highest BCUT2D eigenvalue weighted by molar-refractivity contribution is 7.99. The molecule has 0 unspecified atom stereocenters. The molecule has 3 rings (SSSR count). The van der Waals surface area contributed by atoms with Crippen LogP contribution in [0.1, 0.15) is 25.7 Å². The van der Waals surface area contributed by atoms with Gasteiger partial charge in [-0.05, 0) is 55.7 Å². The van der Waals surface area contributed by atoms with Crippen LogP contribution in [0.4, 0.5) is 11.8 Å². The number of nitrogens with zero attached hydrogens (tertiary/aromatic N) is 5. The summed E-state index contributed by atoms with van der Waals surface area (Å²) in [4.78, 5) is 20.1. The van der Waals surface area contributed by atoms with Gasteiger partial charge < -0.3 is 20.3 Å². The van der Waals surface area contributed by atoms with E-state index in [1.807, 2.05) is 6.07 Å². The van der Waals surface area contributed by atoms with E-state index in [1.54, 1.807) is 25.6 Å². The van der Waals surface area contributed by atoms with Crippen LogP contribution in [0.15, 0.2) is 34.7 Å². The fraction of sp³-hybridized carbons (Fsp3) is 0.500. The molecule has 0 aromatic carbocycles. The standard InChI is InChI=1S/C18H25N7OS2/c1-26-12-6-9-19-17(27)24-16-22-14(25-10-3-2-4-11-25)13-15(23-16)28-18-20-7-5-8-21-18/h5,7-8,13H,2-4,6,9-12H2,1H3,(H2,19,22,23,24,27). The molecule has 8 nitrogen and oxygen atoms in total. The van der Waals surface area contributed by atoms with Gasteiger partial charge in [0.2, 0.25) is 5.95 Å². The molecule has 10 heteroatoms. The van der Waals surface area contributed by atoms with Crippen molar-refractivity contribution >= 4 is 40.9 Å². The monoisotopic (exact) mass is 419 g/mol. The Morgan fingerprint density at radius 3 is 2.75 bits per heavy atom. The van der Waals surface area contributed by atoms with Crippen LogP contribution in [0.2, 0.25) is 0 Å². The van der Waals surface area contributed by atoms with E-state index in [-0.39, 0.29) is 0 Å². The fourth-order valence-electron chi connectivity index (χ4n) is 2.80. The smallest absolute Gasteiger partial charge is 0.232 e. The first kappa shape index (κ1) is 20.7. The number of rotatable bonds is 8. The molecule has 2 aromatic heterocycles. The summed E-state index contributed by atoms with van der Waals surface area (Å²) >= 11 is 6.78. The van der Waals surface area contributed by atoms with Crippen LogP contribution in [0.5, 0.6) is 0 Å². The van der Waals surface area contributed by atoms with Gasteiger partial charge in [-0.25, -0.2) is 15.0 Å². The molecule has 1 aliphatic rings. The Balaban J connectivity index is 1.73. The Labute approximate surface area is 174 Å². The van der Waals surface area contributed by atoms with Crippen LogP contribution in [0, 0.1) is 0 Å². The molecule has 0 aliphatic carbocycles. The van der Waals surface area contributed by atoms with Crippen molar-refractivity contribution < 1.29 is 4.74 Å². The van der Waals surface area contributed by atoms with Gasteiger partial charge in [0.05, 0.1) is 0 Å². The Morgan fingerprint density at radius 1 is 1.21 bits per heavy atom. The van der Waals surface area contributed by atoms with Crippen LogP contribution in [0.25, 0.3) is 0 Å². The van der Waals surface area contributed by atoms with Crippen molar-refractivity contribution in [2.24, 2.45) is 0 Å². The lowest BCUT2D eigenvalue weighted by Gasteiger charge is -2.28. The van der Waals surface area contributed by atoms with Crippen LogP contribution < -0.4 is 15.5 Å². The molecule has 28 heavy (non-hydrogen) atoms. The number of nitrogens with one attached hydrogen (secondary N) is 2. The predicted octanol–water partition coefficient (Wildman–Crippen LogP) is 2.73. The van der Waals surface area contributed by atoms with Gasteiger partial charge >= 0.3 is 0 Å². The Bertz CT molecular complexity index is 757. The van der Waals surface area contributed by atoms with E-state index in [9.17, 15) is 0 Å². The average molecular weight is 420 g/mol. The SMILES string of the molecule is COCCCNC(=S)Nc1nc(Sc2ncccn2)cc(N2CCCCC2)n1. The van der Waals surface area contributed by atoms with Crippen molar-refractivity contribution in [3.63, 3.8) is 0 Å². The van der Waals surface area contributed by atoms with Crippen molar-refractivity contribution in [2.45, 2.75) is 35.9 Å². The first-order chi connectivity index (χ1) is 13.7. The zero-order valence-corrected chi connectivity index (χ0v) is 17.6. The highest BCUT2D eigenvalue weighted by atomic mass is 32.2. The van der Waals surface area contributed by atoms with Crippen LogP contribution in [-0.2, 0) is 4.74 Å². The summed E-state index contributed by atoms with van der Waals surface area (Å²) in [6, 6.07) is 3.79. The minimum Gasteiger partial charge on any atom is -0.385 e. The van der Waals surface area contributed by atoms with E-state index in [2.05, 4.69) is 35.5 Å². The first-order valence-corrected chi connectivity index (χ1v) is 10.6. The molecular weight excluding hydrogens is 394 g/mol. The molecule has 150 valence electrons. The maximum absolute atomic E-state index is 5.37. The van der Waals surface area contributed by atoms with Gasteiger partial charge in [0.25, 0.3) is 0 Å². The number of ether oxygens (including phenoxy) is 1. The average Bonchev–Trinajstić information content (AvgIpc) is 2.72. The molecule has 0 spiro atoms. The fourth-order valence-corrected chi connectivity index (χ4v) is 3.71. The van der Waals surface area contributed by atoms with E-state index in [0.29, 0.717) is 22.8 Å². The van der Waals surface area contributed by atoms with Crippen LogP contribution in [-0.4, -0.2) is 58.4 Å². The molecule has 0 bridgehead atoms. The molecule has 1 aliphatic heterocycles. The van der Waals surface area contributed by atoms with Gasteiger partial charge in [-0.3, -0.25) is 0 Å². The lowest BCUT2D eigenvalue weighted by molar-refractivity contribution is 0.196. The summed E-state index contributed by atoms with van der Waals surface area (Å²) < 4.78 is 5.05. The van der Waals surface area contributed by atoms with Crippen LogP contribution in [0.3, 0.4) is 0 Å².